The maximum absolute atomic E-state index is 13.3. The molecule has 3 rings (SSSR count). The molecule has 132 valence electrons. The van der Waals surface area contributed by atoms with Crippen LogP contribution in [0.2, 0.25) is 0 Å². The van der Waals surface area contributed by atoms with Crippen molar-refractivity contribution in [1.29, 1.82) is 0 Å². The first kappa shape index (κ1) is 17.4. The summed E-state index contributed by atoms with van der Waals surface area (Å²) in [7, 11) is 0. The van der Waals surface area contributed by atoms with Crippen LogP contribution in [0.5, 0.6) is 5.75 Å². The fraction of sp³-hybridized carbons (Fsp3) is 0.0500. The van der Waals surface area contributed by atoms with E-state index in [-0.39, 0.29) is 17.0 Å². The molecule has 0 aliphatic rings. The quantitative estimate of drug-likeness (QED) is 0.715. The molecule has 3 aromatic carbocycles. The molecule has 0 fully saturated rings. The first-order valence-electron chi connectivity index (χ1n) is 7.72. The summed E-state index contributed by atoms with van der Waals surface area (Å²) in [4.78, 5) is 11.4. The predicted octanol–water partition coefficient (Wildman–Crippen LogP) is 3.08. The van der Waals surface area contributed by atoms with E-state index in [0.29, 0.717) is 11.1 Å². The summed E-state index contributed by atoms with van der Waals surface area (Å²) in [5, 5.41) is 11.4. The average molecular weight is 354 g/mol. The van der Waals surface area contributed by atoms with Gasteiger partial charge in [-0.3, -0.25) is 0 Å². The lowest BCUT2D eigenvalue weighted by atomic mass is 10.0. The first-order chi connectivity index (χ1) is 12.4. The van der Waals surface area contributed by atoms with E-state index in [4.69, 9.17) is 10.5 Å². The van der Waals surface area contributed by atoms with Gasteiger partial charge in [0.25, 0.3) is 0 Å². The second-order valence-corrected chi connectivity index (χ2v) is 5.64. The number of carbonyl (C=O) groups is 1. The summed E-state index contributed by atoms with van der Waals surface area (Å²) in [6.07, 6.45) is -0.780. The predicted molar refractivity (Wildman–Crippen MR) is 90.5 cm³/mol. The minimum absolute atomic E-state index is 0.0397. The van der Waals surface area contributed by atoms with Gasteiger partial charge in [0.05, 0.1) is 5.97 Å². The van der Waals surface area contributed by atoms with Crippen LogP contribution in [0.3, 0.4) is 0 Å². The van der Waals surface area contributed by atoms with Crippen molar-refractivity contribution < 1.29 is 23.4 Å². The van der Waals surface area contributed by atoms with Crippen molar-refractivity contribution in [3.8, 4) is 5.75 Å². The number of hydrogen-bond donors (Lipinski definition) is 1. The van der Waals surface area contributed by atoms with Gasteiger partial charge in [0.2, 0.25) is 0 Å². The molecule has 0 amide bonds. The van der Waals surface area contributed by atoms with Crippen LogP contribution in [0.25, 0.3) is 0 Å². The highest BCUT2D eigenvalue weighted by atomic mass is 19.1. The summed E-state index contributed by atoms with van der Waals surface area (Å²) < 4.78 is 32.4. The van der Waals surface area contributed by atoms with Crippen LogP contribution < -0.4 is 15.6 Å². The standard InChI is InChI=1S/C20H15F2NO3/c21-14-5-1-12(2-6-14)19(13-3-7-15(22)8-4-13)26-18-10-9-16(23)11-17(18)20(24)25/h1-11,19H,23H2,(H,24,25)/p-1. The van der Waals surface area contributed by atoms with Gasteiger partial charge in [0.1, 0.15) is 23.5 Å². The second kappa shape index (κ2) is 7.23. The van der Waals surface area contributed by atoms with Gasteiger partial charge < -0.3 is 20.4 Å². The molecule has 0 unspecified atom stereocenters. The Morgan fingerprint density at radius 2 is 1.38 bits per heavy atom. The van der Waals surface area contributed by atoms with Crippen LogP contribution >= 0.6 is 0 Å². The smallest absolute Gasteiger partial charge is 0.149 e. The molecule has 0 aliphatic heterocycles. The van der Waals surface area contributed by atoms with Crippen molar-refractivity contribution in [2.24, 2.45) is 0 Å². The van der Waals surface area contributed by atoms with E-state index in [0.717, 1.165) is 0 Å². The van der Waals surface area contributed by atoms with Crippen LogP contribution in [0, 0.1) is 11.6 Å². The van der Waals surface area contributed by atoms with Crippen LogP contribution in [-0.2, 0) is 0 Å². The molecule has 6 heteroatoms. The number of ether oxygens (including phenoxy) is 1. The number of benzene rings is 3. The summed E-state index contributed by atoms with van der Waals surface area (Å²) >= 11 is 0. The molecular formula is C20H14F2NO3-. The van der Waals surface area contributed by atoms with E-state index in [2.05, 4.69) is 0 Å². The van der Waals surface area contributed by atoms with Gasteiger partial charge >= 0.3 is 0 Å². The minimum Gasteiger partial charge on any atom is -0.545 e. The van der Waals surface area contributed by atoms with Crippen molar-refractivity contribution in [2.75, 3.05) is 5.73 Å². The molecule has 3 aromatic rings. The Labute approximate surface area is 148 Å². The van der Waals surface area contributed by atoms with E-state index >= 15 is 0 Å². The SMILES string of the molecule is Nc1ccc(OC(c2ccc(F)cc2)c2ccc(F)cc2)c(C(=O)[O-])c1. The number of nitrogens with two attached hydrogens (primary N) is 1. The molecule has 0 saturated carbocycles. The normalized spacial score (nSPS) is 10.7. The maximum atomic E-state index is 13.3. The van der Waals surface area contributed by atoms with E-state index in [9.17, 15) is 18.7 Å². The van der Waals surface area contributed by atoms with Crippen molar-refractivity contribution in [2.45, 2.75) is 6.10 Å². The lowest BCUT2D eigenvalue weighted by Crippen LogP contribution is -2.24. The fourth-order valence-corrected chi connectivity index (χ4v) is 2.54. The van der Waals surface area contributed by atoms with Crippen molar-refractivity contribution in [3.05, 3.63) is 95.1 Å². The highest BCUT2D eigenvalue weighted by Gasteiger charge is 2.19. The minimum atomic E-state index is -1.44. The molecule has 0 saturated heterocycles. The fourth-order valence-electron chi connectivity index (χ4n) is 2.54. The summed E-state index contributed by atoms with van der Waals surface area (Å²) in [6.45, 7) is 0. The van der Waals surface area contributed by atoms with Gasteiger partial charge in [0, 0.05) is 11.3 Å². The summed E-state index contributed by atoms with van der Waals surface area (Å²) in [5.74, 6) is -2.24. The van der Waals surface area contributed by atoms with Gasteiger partial charge in [-0.1, -0.05) is 24.3 Å². The number of halogens is 2. The second-order valence-electron chi connectivity index (χ2n) is 5.64. The summed E-state index contributed by atoms with van der Waals surface area (Å²) in [5.41, 5.74) is 6.80. The number of nitrogen functional groups attached to an aromatic ring is 1. The Bertz CT molecular complexity index is 879. The Morgan fingerprint density at radius 3 is 1.85 bits per heavy atom. The van der Waals surface area contributed by atoms with Crippen molar-refractivity contribution in [1.82, 2.24) is 0 Å². The van der Waals surface area contributed by atoms with Crippen LogP contribution in [0.15, 0.2) is 66.7 Å². The average Bonchev–Trinajstić information content (AvgIpc) is 2.62. The largest absolute Gasteiger partial charge is 0.545 e. The van der Waals surface area contributed by atoms with E-state index in [1.807, 2.05) is 0 Å². The Morgan fingerprint density at radius 1 is 0.885 bits per heavy atom. The number of carboxylic acids is 1. The van der Waals surface area contributed by atoms with Crippen LogP contribution in [0.1, 0.15) is 27.6 Å². The van der Waals surface area contributed by atoms with Gasteiger partial charge in [0.15, 0.2) is 0 Å². The zero-order valence-corrected chi connectivity index (χ0v) is 13.5. The maximum Gasteiger partial charge on any atom is 0.149 e. The molecule has 0 radical (unpaired) electrons. The van der Waals surface area contributed by atoms with Crippen molar-refractivity contribution in [3.63, 3.8) is 0 Å². The number of anilines is 1. The molecule has 2 N–H and O–H groups in total. The van der Waals surface area contributed by atoms with Gasteiger partial charge in [-0.05, 0) is 53.6 Å². The summed E-state index contributed by atoms with van der Waals surface area (Å²) in [6, 6.07) is 15.2. The lowest BCUT2D eigenvalue weighted by molar-refractivity contribution is -0.255. The number of rotatable bonds is 5. The Kier molecular flexibility index (Phi) is 4.84. The molecule has 4 nitrogen and oxygen atoms in total. The van der Waals surface area contributed by atoms with Crippen molar-refractivity contribution >= 4 is 11.7 Å². The molecular weight excluding hydrogens is 340 g/mol. The van der Waals surface area contributed by atoms with Crippen LogP contribution in [-0.4, -0.2) is 5.97 Å². The van der Waals surface area contributed by atoms with Gasteiger partial charge in [-0.15, -0.1) is 0 Å². The molecule has 0 bridgehead atoms. The molecule has 0 atom stereocenters. The van der Waals surface area contributed by atoms with E-state index < -0.39 is 23.7 Å². The van der Waals surface area contributed by atoms with Gasteiger partial charge in [-0.2, -0.15) is 0 Å². The monoisotopic (exact) mass is 354 g/mol. The zero-order valence-electron chi connectivity index (χ0n) is 13.5. The third-order valence-electron chi connectivity index (χ3n) is 3.81. The highest BCUT2D eigenvalue weighted by molar-refractivity contribution is 5.90. The molecule has 26 heavy (non-hydrogen) atoms. The van der Waals surface area contributed by atoms with E-state index in [1.165, 1.54) is 66.7 Å². The topological polar surface area (TPSA) is 75.4 Å². The molecule has 0 heterocycles. The van der Waals surface area contributed by atoms with Gasteiger partial charge in [-0.25, -0.2) is 8.78 Å². The van der Waals surface area contributed by atoms with E-state index in [1.54, 1.807) is 0 Å². The lowest BCUT2D eigenvalue weighted by Gasteiger charge is -2.22. The van der Waals surface area contributed by atoms with Crippen LogP contribution in [0.4, 0.5) is 14.5 Å². The third-order valence-corrected chi connectivity index (χ3v) is 3.81. The number of hydrogen-bond acceptors (Lipinski definition) is 4. The Balaban J connectivity index is 2.05. The molecule has 0 aliphatic carbocycles. The third kappa shape index (κ3) is 3.80. The highest BCUT2D eigenvalue weighted by Crippen LogP contribution is 2.31. The number of aromatic carboxylic acids is 1. The first-order valence-corrected chi connectivity index (χ1v) is 7.72. The molecule has 0 spiro atoms. The Hall–Kier alpha value is -3.41. The number of carboxylic acid groups (broad SMARTS) is 1. The zero-order chi connectivity index (χ0) is 18.7. The number of carbonyl (C=O) groups excluding carboxylic acids is 1. The molecule has 0 aromatic heterocycles.